The number of aliphatic hydroxyl groups is 1. The molecule has 0 aliphatic heterocycles. The molecule has 0 rings (SSSR count). The van der Waals surface area contributed by atoms with E-state index in [1.807, 2.05) is 13.2 Å². The second-order valence-corrected chi connectivity index (χ2v) is 5.02. The number of hydrogen-bond donors (Lipinski definition) is 4. The van der Waals surface area contributed by atoms with Gasteiger partial charge in [0.25, 0.3) is 0 Å². The van der Waals surface area contributed by atoms with Crippen LogP contribution in [0.25, 0.3) is 0 Å². The fraction of sp³-hybridized carbons (Fsp3) is 0.818. The van der Waals surface area contributed by atoms with Crippen LogP contribution in [0.1, 0.15) is 26.2 Å². The van der Waals surface area contributed by atoms with Gasteiger partial charge in [0.05, 0.1) is 6.10 Å². The highest BCUT2D eigenvalue weighted by molar-refractivity contribution is 7.98. The second kappa shape index (κ2) is 10.0. The van der Waals surface area contributed by atoms with Crippen LogP contribution in [-0.4, -0.2) is 47.7 Å². The van der Waals surface area contributed by atoms with E-state index >= 15 is 0 Å². The van der Waals surface area contributed by atoms with Crippen molar-refractivity contribution in [1.82, 2.24) is 10.6 Å². The first-order chi connectivity index (χ1) is 8.51. The van der Waals surface area contributed by atoms with E-state index in [2.05, 4.69) is 10.6 Å². The van der Waals surface area contributed by atoms with Crippen molar-refractivity contribution in [3.63, 3.8) is 0 Å². The molecule has 0 spiro atoms. The summed E-state index contributed by atoms with van der Waals surface area (Å²) in [6, 6.07) is -1.35. The van der Waals surface area contributed by atoms with E-state index in [9.17, 15) is 14.7 Å². The summed E-state index contributed by atoms with van der Waals surface area (Å²) < 4.78 is 0. The maximum absolute atomic E-state index is 11.8. The minimum Gasteiger partial charge on any atom is -0.391 e. The van der Waals surface area contributed by atoms with Crippen LogP contribution in [0, 0.1) is 0 Å². The molecule has 7 heteroatoms. The van der Waals surface area contributed by atoms with Crippen molar-refractivity contribution in [2.24, 2.45) is 5.73 Å². The molecule has 106 valence electrons. The van der Waals surface area contributed by atoms with Crippen molar-refractivity contribution in [2.45, 2.75) is 38.3 Å². The molecule has 6 nitrogen and oxygen atoms in total. The summed E-state index contributed by atoms with van der Waals surface area (Å²) >= 11 is 1.59. The van der Waals surface area contributed by atoms with E-state index in [-0.39, 0.29) is 12.5 Å². The number of carbonyl (C=O) groups excluding carboxylic acids is 2. The standard InChI is InChI=1S/C11H23N3O3S/c1-3-4-8(15)7-13-10(16)9(5-6-18-2)14-11(12)17/h8-9,15H,3-7H2,1-2H3,(H,13,16)(H3,12,14,17). The Morgan fingerprint density at radius 2 is 2.06 bits per heavy atom. The SMILES string of the molecule is CCCC(O)CNC(=O)C(CCSC)NC(N)=O. The average molecular weight is 277 g/mol. The number of thioether (sulfide) groups is 1. The highest BCUT2D eigenvalue weighted by Gasteiger charge is 2.19. The van der Waals surface area contributed by atoms with Gasteiger partial charge >= 0.3 is 6.03 Å². The van der Waals surface area contributed by atoms with Crippen molar-refractivity contribution in [3.8, 4) is 0 Å². The van der Waals surface area contributed by atoms with Crippen LogP contribution in [0.15, 0.2) is 0 Å². The molecule has 0 aromatic heterocycles. The number of nitrogens with two attached hydrogens (primary N) is 1. The van der Waals surface area contributed by atoms with Gasteiger partial charge in [-0.25, -0.2) is 4.79 Å². The van der Waals surface area contributed by atoms with Crippen LogP contribution in [-0.2, 0) is 4.79 Å². The Labute approximate surface area is 112 Å². The van der Waals surface area contributed by atoms with Gasteiger partial charge in [0.1, 0.15) is 6.04 Å². The molecule has 0 fully saturated rings. The highest BCUT2D eigenvalue weighted by atomic mass is 32.2. The largest absolute Gasteiger partial charge is 0.391 e. The molecule has 2 unspecified atom stereocenters. The van der Waals surface area contributed by atoms with Crippen LogP contribution in [0.3, 0.4) is 0 Å². The third-order valence-electron chi connectivity index (χ3n) is 2.38. The molecule has 0 aromatic rings. The number of rotatable bonds is 9. The first kappa shape index (κ1) is 17.1. The minimum absolute atomic E-state index is 0.197. The predicted octanol–water partition coefficient (Wildman–Crippen LogP) is 0.0536. The van der Waals surface area contributed by atoms with Crippen molar-refractivity contribution in [2.75, 3.05) is 18.6 Å². The lowest BCUT2D eigenvalue weighted by atomic mass is 10.2. The van der Waals surface area contributed by atoms with Gasteiger partial charge in [0, 0.05) is 6.54 Å². The predicted molar refractivity (Wildman–Crippen MR) is 73.4 cm³/mol. The zero-order chi connectivity index (χ0) is 14.0. The third kappa shape index (κ3) is 8.19. The Bertz CT molecular complexity index is 264. The van der Waals surface area contributed by atoms with E-state index in [0.717, 1.165) is 12.2 Å². The number of aliphatic hydroxyl groups excluding tert-OH is 1. The Morgan fingerprint density at radius 1 is 1.39 bits per heavy atom. The quantitative estimate of drug-likeness (QED) is 0.478. The lowest BCUT2D eigenvalue weighted by molar-refractivity contribution is -0.123. The van der Waals surface area contributed by atoms with Crippen LogP contribution in [0.2, 0.25) is 0 Å². The number of amides is 3. The first-order valence-corrected chi connectivity index (χ1v) is 7.41. The smallest absolute Gasteiger partial charge is 0.312 e. The van der Waals surface area contributed by atoms with E-state index in [4.69, 9.17) is 5.73 Å². The molecule has 18 heavy (non-hydrogen) atoms. The summed E-state index contributed by atoms with van der Waals surface area (Å²) in [6.07, 6.45) is 3.38. The molecule has 0 saturated carbocycles. The summed E-state index contributed by atoms with van der Waals surface area (Å²) in [5.41, 5.74) is 5.02. The molecule has 3 amide bonds. The fourth-order valence-electron chi connectivity index (χ4n) is 1.45. The Hall–Kier alpha value is -0.950. The van der Waals surface area contributed by atoms with Crippen molar-refractivity contribution < 1.29 is 14.7 Å². The lowest BCUT2D eigenvalue weighted by Gasteiger charge is -2.18. The molecular weight excluding hydrogens is 254 g/mol. The maximum atomic E-state index is 11.8. The Kier molecular flexibility index (Phi) is 9.49. The van der Waals surface area contributed by atoms with Gasteiger partial charge in [-0.3, -0.25) is 4.79 Å². The van der Waals surface area contributed by atoms with Crippen molar-refractivity contribution >= 4 is 23.7 Å². The van der Waals surface area contributed by atoms with Crippen LogP contribution >= 0.6 is 11.8 Å². The van der Waals surface area contributed by atoms with Crippen LogP contribution in [0.4, 0.5) is 4.79 Å². The van der Waals surface area contributed by atoms with Gasteiger partial charge in [0.2, 0.25) is 5.91 Å². The minimum atomic E-state index is -0.717. The fourth-order valence-corrected chi connectivity index (χ4v) is 1.92. The molecule has 0 aliphatic rings. The summed E-state index contributed by atoms with van der Waals surface area (Å²) in [4.78, 5) is 22.6. The topological polar surface area (TPSA) is 104 Å². The van der Waals surface area contributed by atoms with Gasteiger partial charge in [0.15, 0.2) is 0 Å². The number of hydrogen-bond acceptors (Lipinski definition) is 4. The molecule has 5 N–H and O–H groups in total. The molecule has 0 radical (unpaired) electrons. The molecule has 0 saturated heterocycles. The normalized spacial score (nSPS) is 13.7. The number of nitrogens with one attached hydrogen (secondary N) is 2. The summed E-state index contributed by atoms with van der Waals surface area (Å²) in [5, 5.41) is 14.5. The number of primary amides is 1. The third-order valence-corrected chi connectivity index (χ3v) is 3.02. The zero-order valence-corrected chi connectivity index (χ0v) is 11.8. The van der Waals surface area contributed by atoms with Gasteiger partial charge in [-0.2, -0.15) is 11.8 Å². The van der Waals surface area contributed by atoms with Gasteiger partial charge < -0.3 is 21.5 Å². The monoisotopic (exact) mass is 277 g/mol. The molecule has 0 aliphatic carbocycles. The number of carbonyl (C=O) groups is 2. The van der Waals surface area contributed by atoms with E-state index < -0.39 is 18.2 Å². The average Bonchev–Trinajstić information content (AvgIpc) is 2.31. The van der Waals surface area contributed by atoms with E-state index in [1.165, 1.54) is 0 Å². The van der Waals surface area contributed by atoms with Crippen LogP contribution in [0.5, 0.6) is 0 Å². The first-order valence-electron chi connectivity index (χ1n) is 6.01. The summed E-state index contributed by atoms with van der Waals surface area (Å²) in [6.45, 7) is 2.16. The second-order valence-electron chi connectivity index (χ2n) is 4.03. The zero-order valence-electron chi connectivity index (χ0n) is 10.9. The van der Waals surface area contributed by atoms with Gasteiger partial charge in [-0.05, 0) is 24.9 Å². The molecule has 0 bridgehead atoms. The van der Waals surface area contributed by atoms with E-state index in [1.54, 1.807) is 11.8 Å². The Morgan fingerprint density at radius 3 is 2.56 bits per heavy atom. The van der Waals surface area contributed by atoms with E-state index in [0.29, 0.717) is 12.8 Å². The highest BCUT2D eigenvalue weighted by Crippen LogP contribution is 2.01. The van der Waals surface area contributed by atoms with Gasteiger partial charge in [-0.15, -0.1) is 0 Å². The molecular formula is C11H23N3O3S. The molecule has 0 heterocycles. The molecule has 0 aromatic carbocycles. The maximum Gasteiger partial charge on any atom is 0.312 e. The van der Waals surface area contributed by atoms with Crippen molar-refractivity contribution in [3.05, 3.63) is 0 Å². The van der Waals surface area contributed by atoms with Gasteiger partial charge in [-0.1, -0.05) is 13.3 Å². The number of urea groups is 1. The van der Waals surface area contributed by atoms with Crippen molar-refractivity contribution in [1.29, 1.82) is 0 Å². The molecule has 2 atom stereocenters. The summed E-state index contributed by atoms with van der Waals surface area (Å²) in [5.74, 6) is 0.439. The van der Waals surface area contributed by atoms with Crippen LogP contribution < -0.4 is 16.4 Å². The lowest BCUT2D eigenvalue weighted by Crippen LogP contribution is -2.50. The summed E-state index contributed by atoms with van der Waals surface area (Å²) in [7, 11) is 0. The Balaban J connectivity index is 4.14.